The Morgan fingerprint density at radius 3 is 2.31 bits per heavy atom. The summed E-state index contributed by atoms with van der Waals surface area (Å²) in [7, 11) is 3.08. The monoisotopic (exact) mass is 761 g/mol. The predicted molar refractivity (Wildman–Crippen MR) is 200 cm³/mol. The van der Waals surface area contributed by atoms with E-state index in [0.717, 1.165) is 30.5 Å². The summed E-state index contributed by atoms with van der Waals surface area (Å²) in [6.45, 7) is 14.2. The normalized spacial score (nSPS) is 35.7. The van der Waals surface area contributed by atoms with E-state index in [-0.39, 0.29) is 56.0 Å². The molecule has 3 fully saturated rings. The summed E-state index contributed by atoms with van der Waals surface area (Å²) < 4.78 is 36.1. The smallest absolute Gasteiger partial charge is 0.330 e. The van der Waals surface area contributed by atoms with Crippen molar-refractivity contribution in [1.29, 1.82) is 0 Å². The first-order chi connectivity index (χ1) is 25.5. The number of carbonyl (C=O) groups is 3. The van der Waals surface area contributed by atoms with Crippen molar-refractivity contribution >= 4 is 17.9 Å². The highest BCUT2D eigenvalue weighted by Gasteiger charge is 2.57. The third-order valence-electron chi connectivity index (χ3n) is 10.8. The molecule has 0 aliphatic carbocycles. The van der Waals surface area contributed by atoms with Crippen LogP contribution in [-0.2, 0) is 42.8 Å². The van der Waals surface area contributed by atoms with Gasteiger partial charge in [0.15, 0.2) is 6.10 Å². The number of hydrogen-bond acceptors (Lipinski definition) is 13. The van der Waals surface area contributed by atoms with Gasteiger partial charge in [0, 0.05) is 37.2 Å². The van der Waals surface area contributed by atoms with Gasteiger partial charge in [-0.2, -0.15) is 0 Å². The molecule has 0 aromatic heterocycles. The van der Waals surface area contributed by atoms with Crippen LogP contribution in [0.25, 0.3) is 0 Å². The lowest BCUT2D eigenvalue weighted by Gasteiger charge is -2.51. The number of methoxy groups -OCH3 is 1. The lowest BCUT2D eigenvalue weighted by atomic mass is 9.74. The summed E-state index contributed by atoms with van der Waals surface area (Å²) in [6.07, 6.45) is 3.04. The molecule has 0 radical (unpaired) electrons. The molecule has 0 amide bonds. The highest BCUT2D eigenvalue weighted by Crippen LogP contribution is 2.47. The molecule has 4 aliphatic rings. The highest BCUT2D eigenvalue weighted by molar-refractivity contribution is 5.83. The minimum absolute atomic E-state index is 0.0158. The molecular weight excluding hydrogens is 698 g/mol. The molecule has 0 aromatic rings. The fourth-order valence-electron chi connectivity index (χ4n) is 7.86. The molecule has 6 bridgehead atoms. The fraction of sp³-hybridized carbons (Fsp3) is 0.732. The molecule has 13 nitrogen and oxygen atoms in total. The first-order valence-electron chi connectivity index (χ1n) is 19.4. The Morgan fingerprint density at radius 1 is 0.981 bits per heavy atom. The Labute approximate surface area is 320 Å². The van der Waals surface area contributed by atoms with Crippen molar-refractivity contribution < 1.29 is 58.1 Å². The average Bonchev–Trinajstić information content (AvgIpc) is 3.07. The maximum absolute atomic E-state index is 13.4. The number of esters is 3. The summed E-state index contributed by atoms with van der Waals surface area (Å²) in [5.41, 5.74) is 0.965. The van der Waals surface area contributed by atoms with Crippen molar-refractivity contribution in [2.45, 2.75) is 165 Å². The molecule has 10 atom stereocenters. The molecular formula is C41H63NO12. The third kappa shape index (κ3) is 12.3. The molecule has 304 valence electrons. The van der Waals surface area contributed by atoms with Gasteiger partial charge in [-0.15, -0.1) is 0 Å². The third-order valence-corrected chi connectivity index (χ3v) is 10.8. The Hall–Kier alpha value is -2.91. The summed E-state index contributed by atoms with van der Waals surface area (Å²) in [4.78, 5) is 39.3. The first-order valence-corrected chi connectivity index (χ1v) is 19.4. The van der Waals surface area contributed by atoms with E-state index >= 15 is 0 Å². The average molecular weight is 762 g/mol. The number of cyclic esters (lactones) is 1. The van der Waals surface area contributed by atoms with Gasteiger partial charge in [-0.25, -0.2) is 4.79 Å². The van der Waals surface area contributed by atoms with Crippen LogP contribution in [0.15, 0.2) is 48.1 Å². The second kappa shape index (κ2) is 19.8. The Balaban J connectivity index is 1.73. The summed E-state index contributed by atoms with van der Waals surface area (Å²) in [5, 5.41) is 37.6. The molecule has 0 unspecified atom stereocenters. The molecule has 54 heavy (non-hydrogen) atoms. The van der Waals surface area contributed by atoms with Crippen LogP contribution in [0.3, 0.4) is 0 Å². The van der Waals surface area contributed by atoms with Crippen LogP contribution in [0, 0.1) is 5.41 Å². The quantitative estimate of drug-likeness (QED) is 0.0862. The topological polar surface area (TPSA) is 179 Å². The van der Waals surface area contributed by atoms with E-state index in [1.54, 1.807) is 19.9 Å². The summed E-state index contributed by atoms with van der Waals surface area (Å²) in [5.74, 6) is -4.27. The number of carbonyl (C=O) groups excluding carboxylic acids is 3. The van der Waals surface area contributed by atoms with Gasteiger partial charge in [0.05, 0.1) is 56.3 Å². The van der Waals surface area contributed by atoms with Crippen LogP contribution in [0.4, 0.5) is 0 Å². The van der Waals surface area contributed by atoms with E-state index in [1.807, 2.05) is 13.1 Å². The van der Waals surface area contributed by atoms with Gasteiger partial charge in [0.1, 0.15) is 6.10 Å². The van der Waals surface area contributed by atoms with Gasteiger partial charge in [-0.05, 0) is 71.0 Å². The molecule has 4 aliphatic heterocycles. The van der Waals surface area contributed by atoms with Crippen LogP contribution in [-0.4, -0.2) is 115 Å². The minimum atomic E-state index is -2.26. The number of ether oxygens (including phenoxy) is 6. The predicted octanol–water partition coefficient (Wildman–Crippen LogP) is 4.27. The molecule has 4 heterocycles. The fourth-order valence-corrected chi connectivity index (χ4v) is 7.86. The maximum atomic E-state index is 13.4. The van der Waals surface area contributed by atoms with Crippen molar-refractivity contribution in [2.75, 3.05) is 20.7 Å². The SMILES string of the molecule is C=C1C[C@@H]2C[C@@H]3CC(=C)C[C@H](/C=C/C(C)(C)[C@]4(O)O[C@@H](C/C(=C\C(=O)OC)[C@@H]4OC(=O)CCCCCNC)C[C@H]([C@@H](C)O)OC(=O)C[C@H](O)C[C@H](C1)O2)O3. The lowest BCUT2D eigenvalue weighted by Crippen LogP contribution is -2.62. The van der Waals surface area contributed by atoms with Crippen molar-refractivity contribution in [3.05, 3.63) is 48.1 Å². The Kier molecular flexibility index (Phi) is 16.1. The molecule has 0 spiro atoms. The van der Waals surface area contributed by atoms with Gasteiger partial charge in [-0.1, -0.05) is 56.7 Å². The highest BCUT2D eigenvalue weighted by atomic mass is 16.7. The van der Waals surface area contributed by atoms with Crippen LogP contribution in [0.1, 0.15) is 104 Å². The van der Waals surface area contributed by atoms with E-state index in [9.17, 15) is 29.7 Å². The van der Waals surface area contributed by atoms with Gasteiger partial charge in [0.25, 0.3) is 0 Å². The zero-order valence-electron chi connectivity index (χ0n) is 32.8. The second-order valence-electron chi connectivity index (χ2n) is 16.1. The van der Waals surface area contributed by atoms with Crippen LogP contribution < -0.4 is 5.32 Å². The first kappa shape index (κ1) is 43.8. The van der Waals surface area contributed by atoms with Crippen molar-refractivity contribution in [3.8, 4) is 0 Å². The van der Waals surface area contributed by atoms with Crippen molar-refractivity contribution in [1.82, 2.24) is 5.32 Å². The zero-order valence-corrected chi connectivity index (χ0v) is 32.8. The number of nitrogens with one attached hydrogen (secondary N) is 1. The van der Waals surface area contributed by atoms with E-state index < -0.39 is 65.7 Å². The summed E-state index contributed by atoms with van der Waals surface area (Å²) >= 11 is 0. The van der Waals surface area contributed by atoms with Crippen molar-refractivity contribution in [2.24, 2.45) is 5.41 Å². The van der Waals surface area contributed by atoms with Crippen LogP contribution in [0.2, 0.25) is 0 Å². The van der Waals surface area contributed by atoms with Crippen LogP contribution >= 0.6 is 0 Å². The molecule has 4 N–H and O–H groups in total. The van der Waals surface area contributed by atoms with Gasteiger partial charge >= 0.3 is 17.9 Å². The van der Waals surface area contributed by atoms with E-state index in [1.165, 1.54) is 20.1 Å². The lowest BCUT2D eigenvalue weighted by molar-refractivity contribution is -0.327. The maximum Gasteiger partial charge on any atom is 0.330 e. The van der Waals surface area contributed by atoms with E-state index in [0.29, 0.717) is 38.5 Å². The number of aliphatic hydroxyl groups is 3. The second-order valence-corrected chi connectivity index (χ2v) is 16.1. The van der Waals surface area contributed by atoms with Gasteiger partial charge in [0.2, 0.25) is 5.79 Å². The van der Waals surface area contributed by atoms with E-state index in [2.05, 4.69) is 18.5 Å². The standard InChI is InChI=1S/C41H63NO12/c1-25-15-30-12-13-40(4,5)41(48)39(53-36(45)11-9-8-10-14-42-6)28(20-37(46)49-7)19-34(54-41)24-35(27(3)43)52-38(47)22-29(44)21-31-16-26(2)18-33(51-31)23-32(17-25)50-30/h12-13,20,27,29-35,39,42-44,48H,1-2,8-11,14-19,21-24H2,3-7H3/b13-12+,28-20+/t27-,29-,30+,31+,32+,33-,34+,35-,39+,41-/m1/s1. The van der Waals surface area contributed by atoms with Crippen LogP contribution in [0.5, 0.6) is 0 Å². The zero-order chi connectivity index (χ0) is 39.6. The molecule has 4 rings (SSSR count). The van der Waals surface area contributed by atoms with Gasteiger partial charge in [-0.3, -0.25) is 9.59 Å². The Morgan fingerprint density at radius 2 is 1.65 bits per heavy atom. The molecule has 3 saturated heterocycles. The molecule has 13 heteroatoms. The number of aliphatic hydroxyl groups excluding tert-OH is 2. The Bertz CT molecular complexity index is 1390. The minimum Gasteiger partial charge on any atom is -0.466 e. The largest absolute Gasteiger partial charge is 0.466 e. The van der Waals surface area contributed by atoms with E-state index in [4.69, 9.17) is 28.4 Å². The molecule has 0 saturated carbocycles. The van der Waals surface area contributed by atoms with Gasteiger partial charge < -0.3 is 49.1 Å². The summed E-state index contributed by atoms with van der Waals surface area (Å²) in [6, 6.07) is 0. The number of hydrogen-bond donors (Lipinski definition) is 4. The number of fused-ring (bicyclic) bond motifs is 6. The van der Waals surface area contributed by atoms with Crippen molar-refractivity contribution in [3.63, 3.8) is 0 Å². The molecule has 0 aromatic carbocycles. The number of rotatable bonds is 9. The number of unbranched alkanes of at least 4 members (excludes halogenated alkanes) is 2.